The van der Waals surface area contributed by atoms with Crippen LogP contribution in [0.3, 0.4) is 0 Å². The fourth-order valence-corrected chi connectivity index (χ4v) is 5.69. The molecule has 2 aliphatic carbocycles. The maximum atomic E-state index is 13.1. The first-order valence-electron chi connectivity index (χ1n) is 11.6. The van der Waals surface area contributed by atoms with Crippen molar-refractivity contribution in [3.05, 3.63) is 71.5 Å². The molecule has 3 aromatic rings. The van der Waals surface area contributed by atoms with Gasteiger partial charge >= 0.3 is 12.1 Å². The first-order valence-corrected chi connectivity index (χ1v) is 11.6. The molecule has 1 aromatic heterocycles. The first kappa shape index (κ1) is 21.4. The molecule has 1 saturated heterocycles. The number of aliphatic carboxylic acids is 1. The number of nitrogens with one attached hydrogen (secondary N) is 1. The number of likely N-dealkylation sites (tertiary alicyclic amines) is 1. The van der Waals surface area contributed by atoms with Crippen molar-refractivity contribution >= 4 is 23.7 Å². The van der Waals surface area contributed by atoms with Gasteiger partial charge in [0.25, 0.3) is 5.91 Å². The van der Waals surface area contributed by atoms with Gasteiger partial charge in [-0.3, -0.25) is 19.6 Å². The number of hydrogen-bond acceptors (Lipinski definition) is 5. The second-order valence-electron chi connectivity index (χ2n) is 9.42. The minimum atomic E-state index is -0.803. The zero-order valence-corrected chi connectivity index (χ0v) is 19.0. The van der Waals surface area contributed by atoms with Crippen molar-refractivity contribution in [2.75, 3.05) is 25.0 Å². The van der Waals surface area contributed by atoms with Crippen molar-refractivity contribution in [3.63, 3.8) is 0 Å². The number of aromatic nitrogens is 2. The number of piperidine rings is 1. The summed E-state index contributed by atoms with van der Waals surface area (Å²) in [4.78, 5) is 38.6. The summed E-state index contributed by atoms with van der Waals surface area (Å²) >= 11 is 0. The number of anilines is 1. The molecule has 178 valence electrons. The molecule has 35 heavy (non-hydrogen) atoms. The smallest absolute Gasteiger partial charge is 0.411 e. The van der Waals surface area contributed by atoms with Crippen LogP contribution in [0.4, 0.5) is 10.5 Å². The first-order chi connectivity index (χ1) is 16.9. The van der Waals surface area contributed by atoms with E-state index in [9.17, 15) is 19.5 Å². The van der Waals surface area contributed by atoms with Crippen LogP contribution >= 0.6 is 0 Å². The Balaban J connectivity index is 1.13. The molecule has 3 aliphatic rings. The van der Waals surface area contributed by atoms with Crippen molar-refractivity contribution in [2.45, 2.75) is 5.92 Å². The molecule has 9 nitrogen and oxygen atoms in total. The summed E-state index contributed by atoms with van der Waals surface area (Å²) in [5.74, 6) is -1.56. The highest BCUT2D eigenvalue weighted by Crippen LogP contribution is 2.52. The van der Waals surface area contributed by atoms with E-state index in [-0.39, 0.29) is 47.6 Å². The fraction of sp³-hybridized carbons (Fsp3) is 0.308. The van der Waals surface area contributed by atoms with E-state index in [0.717, 1.165) is 22.3 Å². The Bertz CT molecular complexity index is 1310. The lowest BCUT2D eigenvalue weighted by Crippen LogP contribution is -2.33. The SMILES string of the molecule is Cn1cc(NC(=O)OCC2c3ccccc3-c3ccccc32)c(C(=O)N2C[C@@H]3C(C(=O)O)[C@@H]3C2)n1. The second kappa shape index (κ2) is 7.97. The fourth-order valence-electron chi connectivity index (χ4n) is 5.69. The van der Waals surface area contributed by atoms with Gasteiger partial charge in [-0.05, 0) is 34.1 Å². The maximum Gasteiger partial charge on any atom is 0.411 e. The molecule has 2 N–H and O–H groups in total. The lowest BCUT2D eigenvalue weighted by atomic mass is 9.98. The highest BCUT2D eigenvalue weighted by molar-refractivity contribution is 6.01. The molecular formula is C26H24N4O5. The standard InChI is InChI=1S/C26H24N4O5/c1-29-12-21(23(28-29)24(31)30-10-18-19(11-30)22(18)25(32)33)27-26(34)35-13-20-16-8-4-2-6-14(16)15-7-3-5-9-17(15)20/h2-9,12,18-20,22H,10-11,13H2,1H3,(H,27,34)(H,32,33)/t18-,19+,22?. The predicted octanol–water partition coefficient (Wildman–Crippen LogP) is 3.18. The van der Waals surface area contributed by atoms with Gasteiger partial charge < -0.3 is 14.7 Å². The number of nitrogens with zero attached hydrogens (tertiary/aromatic N) is 3. The summed E-state index contributed by atoms with van der Waals surface area (Å²) in [6, 6.07) is 16.2. The second-order valence-corrected chi connectivity index (χ2v) is 9.42. The van der Waals surface area contributed by atoms with Crippen LogP contribution in [0.2, 0.25) is 0 Å². The van der Waals surface area contributed by atoms with E-state index in [1.807, 2.05) is 24.3 Å². The number of carboxylic acid groups (broad SMARTS) is 1. The summed E-state index contributed by atoms with van der Waals surface area (Å²) in [6.45, 7) is 0.943. The summed E-state index contributed by atoms with van der Waals surface area (Å²) in [6.07, 6.45) is 0.898. The normalized spacial score (nSPS) is 21.7. The third-order valence-corrected chi connectivity index (χ3v) is 7.38. The topological polar surface area (TPSA) is 114 Å². The molecule has 0 spiro atoms. The van der Waals surface area contributed by atoms with Gasteiger partial charge in [0.2, 0.25) is 0 Å². The van der Waals surface area contributed by atoms with Gasteiger partial charge in [-0.2, -0.15) is 5.10 Å². The Labute approximate surface area is 201 Å². The van der Waals surface area contributed by atoms with Crippen molar-refractivity contribution in [1.29, 1.82) is 0 Å². The Morgan fingerprint density at radius 3 is 2.23 bits per heavy atom. The number of ether oxygens (including phenoxy) is 1. The lowest BCUT2D eigenvalue weighted by Gasteiger charge is -2.18. The van der Waals surface area contributed by atoms with Gasteiger partial charge in [0.15, 0.2) is 5.69 Å². The van der Waals surface area contributed by atoms with Crippen LogP contribution in [0.5, 0.6) is 0 Å². The molecule has 2 aromatic carbocycles. The van der Waals surface area contributed by atoms with Gasteiger partial charge in [-0.15, -0.1) is 0 Å². The number of amides is 2. The van der Waals surface area contributed by atoms with Gasteiger partial charge in [0.05, 0.1) is 11.6 Å². The molecule has 1 unspecified atom stereocenters. The van der Waals surface area contributed by atoms with Gasteiger partial charge in [0.1, 0.15) is 6.61 Å². The molecule has 3 atom stereocenters. The average Bonchev–Trinajstić information content (AvgIpc) is 3.14. The molecule has 1 saturated carbocycles. The minimum absolute atomic E-state index is 0.00120. The monoisotopic (exact) mass is 472 g/mol. The van der Waals surface area contributed by atoms with Crippen LogP contribution in [0.1, 0.15) is 27.5 Å². The van der Waals surface area contributed by atoms with Crippen molar-refractivity contribution < 1.29 is 24.2 Å². The number of rotatable bonds is 5. The molecule has 2 amide bonds. The van der Waals surface area contributed by atoms with Crippen LogP contribution in [0.15, 0.2) is 54.7 Å². The minimum Gasteiger partial charge on any atom is -0.481 e. The van der Waals surface area contributed by atoms with E-state index in [1.165, 1.54) is 4.68 Å². The number of aryl methyl sites for hydroxylation is 1. The zero-order chi connectivity index (χ0) is 24.3. The molecule has 1 aliphatic heterocycles. The van der Waals surface area contributed by atoms with Gasteiger partial charge in [-0.25, -0.2) is 4.79 Å². The summed E-state index contributed by atoms with van der Waals surface area (Å²) in [5, 5.41) is 16.1. The molecule has 2 fully saturated rings. The van der Waals surface area contributed by atoms with E-state index in [1.54, 1.807) is 18.1 Å². The molecular weight excluding hydrogens is 448 g/mol. The van der Waals surface area contributed by atoms with Crippen LogP contribution < -0.4 is 5.32 Å². The molecule has 0 bridgehead atoms. The number of fused-ring (bicyclic) bond motifs is 4. The van der Waals surface area contributed by atoms with E-state index >= 15 is 0 Å². The third-order valence-electron chi connectivity index (χ3n) is 7.38. The van der Waals surface area contributed by atoms with E-state index in [2.05, 4.69) is 34.7 Å². The van der Waals surface area contributed by atoms with Crippen LogP contribution in [0, 0.1) is 17.8 Å². The Kier molecular flexibility index (Phi) is 4.87. The van der Waals surface area contributed by atoms with E-state index in [4.69, 9.17) is 4.74 Å². The Morgan fingerprint density at radius 1 is 1.03 bits per heavy atom. The highest BCUT2D eigenvalue weighted by Gasteiger charge is 2.60. The number of benzene rings is 2. The van der Waals surface area contributed by atoms with Crippen molar-refractivity contribution in [3.8, 4) is 11.1 Å². The van der Waals surface area contributed by atoms with Crippen LogP contribution in [-0.2, 0) is 16.6 Å². The number of carbonyl (C=O) groups is 3. The molecule has 0 radical (unpaired) electrons. The highest BCUT2D eigenvalue weighted by atomic mass is 16.5. The number of carboxylic acids is 1. The summed E-state index contributed by atoms with van der Waals surface area (Å²) in [5.41, 5.74) is 4.91. The van der Waals surface area contributed by atoms with Crippen LogP contribution in [-0.4, -0.2) is 57.5 Å². The predicted molar refractivity (Wildman–Crippen MR) is 126 cm³/mol. The molecule has 6 rings (SSSR count). The number of hydrogen-bond donors (Lipinski definition) is 2. The Morgan fingerprint density at radius 2 is 1.63 bits per heavy atom. The molecule has 9 heteroatoms. The quantitative estimate of drug-likeness (QED) is 0.590. The lowest BCUT2D eigenvalue weighted by molar-refractivity contribution is -0.139. The van der Waals surface area contributed by atoms with Crippen molar-refractivity contribution in [1.82, 2.24) is 14.7 Å². The van der Waals surface area contributed by atoms with E-state index in [0.29, 0.717) is 13.1 Å². The Hall–Kier alpha value is -4.14. The van der Waals surface area contributed by atoms with Crippen molar-refractivity contribution in [2.24, 2.45) is 24.8 Å². The van der Waals surface area contributed by atoms with E-state index < -0.39 is 12.1 Å². The summed E-state index contributed by atoms with van der Waals surface area (Å²) < 4.78 is 7.06. The van der Waals surface area contributed by atoms with Gasteiger partial charge in [0, 0.05) is 32.3 Å². The average molecular weight is 473 g/mol. The summed E-state index contributed by atoms with van der Waals surface area (Å²) in [7, 11) is 1.67. The number of carbonyl (C=O) groups excluding carboxylic acids is 2. The third kappa shape index (κ3) is 3.54. The molecule has 2 heterocycles. The maximum absolute atomic E-state index is 13.1. The van der Waals surface area contributed by atoms with Gasteiger partial charge in [-0.1, -0.05) is 48.5 Å². The zero-order valence-electron chi connectivity index (χ0n) is 19.0. The van der Waals surface area contributed by atoms with Crippen LogP contribution in [0.25, 0.3) is 11.1 Å². The largest absolute Gasteiger partial charge is 0.481 e.